The fraction of sp³-hybridized carbons (Fsp3) is 0.519. The van der Waals surface area contributed by atoms with Crippen molar-refractivity contribution in [2.75, 3.05) is 132 Å². The van der Waals surface area contributed by atoms with Gasteiger partial charge in [0, 0.05) is 81.7 Å². The highest BCUT2D eigenvalue weighted by atomic mass is 35.5. The molecule has 0 saturated carbocycles. The maximum absolute atomic E-state index is 11.8. The average molecular weight is 1380 g/mol. The van der Waals surface area contributed by atoms with Crippen LogP contribution in [0.15, 0.2) is 41.5 Å². The summed E-state index contributed by atoms with van der Waals surface area (Å²) in [7, 11) is 0. The molecule has 2 aromatic carbocycles. The van der Waals surface area contributed by atoms with Crippen molar-refractivity contribution >= 4 is 106 Å². The molecular formula is C54H75Cl4N9O24. The second kappa shape index (κ2) is 47.1. The summed E-state index contributed by atoms with van der Waals surface area (Å²) in [6, 6.07) is 2.15. The third-order valence-corrected chi connectivity index (χ3v) is 13.0. The van der Waals surface area contributed by atoms with E-state index in [0.717, 1.165) is 18.3 Å². The number of rotatable bonds is 40. The van der Waals surface area contributed by atoms with E-state index in [1.807, 2.05) is 0 Å². The third-order valence-electron chi connectivity index (χ3n) is 11.6. The van der Waals surface area contributed by atoms with Crippen molar-refractivity contribution in [3.63, 3.8) is 0 Å². The number of hydrazine groups is 1. The summed E-state index contributed by atoms with van der Waals surface area (Å²) in [4.78, 5) is 110. The van der Waals surface area contributed by atoms with E-state index in [-0.39, 0.29) is 133 Å². The Morgan fingerprint density at radius 3 is 1.29 bits per heavy atom. The van der Waals surface area contributed by atoms with Crippen LogP contribution < -0.4 is 27.7 Å². The maximum atomic E-state index is 11.8. The number of nitrogens with zero attached hydrogens (tertiary/aromatic N) is 4. The van der Waals surface area contributed by atoms with Crippen LogP contribution >= 0.6 is 46.4 Å². The summed E-state index contributed by atoms with van der Waals surface area (Å²) in [6.07, 6.45) is 5.13. The van der Waals surface area contributed by atoms with Gasteiger partial charge in [0.25, 0.3) is 11.8 Å². The number of phenolic OH excluding ortho intramolecular Hbond substituents is 4. The van der Waals surface area contributed by atoms with Gasteiger partial charge in [0.1, 0.15) is 12.5 Å². The molecular weight excluding hydrogens is 1300 g/mol. The molecule has 33 nitrogen and oxygen atoms in total. The molecule has 1 fully saturated rings. The molecule has 2 atom stereocenters. The van der Waals surface area contributed by atoms with Crippen molar-refractivity contribution in [3.8, 4) is 23.0 Å². The lowest BCUT2D eigenvalue weighted by Crippen LogP contribution is -2.37. The van der Waals surface area contributed by atoms with Gasteiger partial charge in [-0.3, -0.25) is 50.0 Å². The van der Waals surface area contributed by atoms with Crippen LogP contribution in [-0.2, 0) is 81.1 Å². The lowest BCUT2D eigenvalue weighted by molar-refractivity contribution is -0.198. The lowest BCUT2D eigenvalue weighted by atomic mass is 10.2. The number of aldehydes is 1. The Morgan fingerprint density at radius 2 is 0.901 bits per heavy atom. The largest absolute Gasteiger partial charge is 0.504 e. The second-order valence-electron chi connectivity index (χ2n) is 18.1. The maximum Gasteiger partial charge on any atom is 0.335 e. The molecule has 91 heavy (non-hydrogen) atoms. The zero-order chi connectivity index (χ0) is 67.5. The van der Waals surface area contributed by atoms with Gasteiger partial charge in [-0.2, -0.15) is 5.10 Å². The average Bonchev–Trinajstić information content (AvgIpc) is 2.93. The van der Waals surface area contributed by atoms with E-state index in [1.54, 1.807) is 0 Å². The number of nitrogens with one attached hydrogen (secondary N) is 3. The molecule has 37 heteroatoms. The molecule has 0 radical (unpaired) electrons. The predicted octanol–water partition coefficient (Wildman–Crippen LogP) is -0.157. The van der Waals surface area contributed by atoms with Crippen LogP contribution in [-0.4, -0.2) is 250 Å². The number of hydrazone groups is 1. The van der Waals surface area contributed by atoms with Crippen LogP contribution in [0.5, 0.6) is 23.0 Å². The van der Waals surface area contributed by atoms with Gasteiger partial charge in [0.15, 0.2) is 29.3 Å². The smallest absolute Gasteiger partial charge is 0.335 e. The van der Waals surface area contributed by atoms with Crippen molar-refractivity contribution in [3.05, 3.63) is 67.7 Å². The van der Waals surface area contributed by atoms with Crippen LogP contribution in [0.3, 0.4) is 0 Å². The Labute approximate surface area is 541 Å². The Kier molecular flexibility index (Phi) is 41.5. The Bertz CT molecular complexity index is 2740. The van der Waals surface area contributed by atoms with Gasteiger partial charge in [-0.15, -0.1) is 5.06 Å². The summed E-state index contributed by atoms with van der Waals surface area (Å²) >= 11 is 22.8. The highest BCUT2D eigenvalue weighted by Gasteiger charge is 2.33. The molecule has 3 aliphatic heterocycles. The molecule has 3 heterocycles. The van der Waals surface area contributed by atoms with E-state index in [9.17, 15) is 63.6 Å². The van der Waals surface area contributed by atoms with E-state index < -0.39 is 59.1 Å². The highest BCUT2D eigenvalue weighted by molar-refractivity contribution is 6.40. The van der Waals surface area contributed by atoms with Crippen LogP contribution in [0.1, 0.15) is 54.4 Å². The number of aliphatic hydroxyl groups excluding tert-OH is 2. The minimum absolute atomic E-state index is 0.00491. The highest BCUT2D eigenvalue weighted by Crippen LogP contribution is 2.40. The van der Waals surface area contributed by atoms with E-state index in [4.69, 9.17) is 99.3 Å². The van der Waals surface area contributed by atoms with E-state index in [0.29, 0.717) is 104 Å². The molecule has 3 aliphatic rings. The van der Waals surface area contributed by atoms with Crippen molar-refractivity contribution in [2.45, 2.75) is 51.0 Å². The number of hydroxylamine groups is 2. The van der Waals surface area contributed by atoms with Crippen molar-refractivity contribution in [1.29, 1.82) is 0 Å². The predicted molar refractivity (Wildman–Crippen MR) is 321 cm³/mol. The number of amides is 7. The number of aromatic hydroxyl groups is 4. The Balaban J connectivity index is 0.000000514. The normalized spacial score (nSPS) is 14.9. The zero-order valence-corrected chi connectivity index (χ0v) is 52.2. The van der Waals surface area contributed by atoms with Crippen LogP contribution in [0, 0.1) is 0 Å². The lowest BCUT2D eigenvalue weighted by Gasteiger charge is -2.19. The molecule has 5 rings (SSSR count). The molecule has 0 spiro atoms. The SMILES string of the molecule is NN.O=C(CCN1C(=O)C=C[C@@H]1O)NCCOCCOCCOCCOCCC(=O)NN=Cc1c(Cl)cc(O)c(O)c1Cl.O=C(CCN1C(=O)C=C[C@@H]1O)NCCOCCOCCOCCOCCC(=O)ON1C(=O)CCC1=O.O=Cc1c(Cl)cc(O)c(O)c1Cl. The minimum Gasteiger partial charge on any atom is -0.504 e. The summed E-state index contributed by atoms with van der Waals surface area (Å²) in [5.41, 5.74) is 2.39. The van der Waals surface area contributed by atoms with Gasteiger partial charge in [-0.05, 0) is 12.2 Å². The first-order chi connectivity index (χ1) is 43.7. The van der Waals surface area contributed by atoms with Gasteiger partial charge in [0.2, 0.25) is 29.5 Å². The summed E-state index contributed by atoms with van der Waals surface area (Å²) in [6.45, 7) is 5.80. The van der Waals surface area contributed by atoms with Gasteiger partial charge in [0.05, 0.1) is 150 Å². The first-order valence-corrected chi connectivity index (χ1v) is 29.1. The molecule has 7 amide bonds. The van der Waals surface area contributed by atoms with Gasteiger partial charge < -0.3 is 93.8 Å². The standard InChI is InChI=1S/C25H34Cl2N4O10.C22H33N3O11.C7H4Cl2O3.H4N2/c26-18-15-19(32)25(37)24(27)17(18)16-29-30-21(34)4-7-38-9-11-40-13-14-41-12-10-39-8-5-28-20(33)3-6-31-22(35)1-2-23(31)36;26-17(5-8-24-18(27)1-2-19(24)28)23-7-10-33-12-14-35-16-15-34-13-11-32-9-6-22(31)36-25-20(29)3-4-21(25)30;8-4-1-5(11)7(12)6(9)3(4)2-10;1-2/h1-2,15-16,22,32,35,37H,3-14H2,(H,28,33)(H,30,34);1-2,18,27H,3-16H2,(H,23,26);1-2,11-12H;1-2H2/t22-;18-;;/m00../s1. The van der Waals surface area contributed by atoms with Gasteiger partial charge in [-0.1, -0.05) is 46.4 Å². The topological polar surface area (TPSA) is 468 Å². The minimum atomic E-state index is -0.977. The molecule has 508 valence electrons. The fourth-order valence-corrected chi connectivity index (χ4v) is 8.03. The number of benzene rings is 2. The Hall–Kier alpha value is -6.90. The number of phenols is 4. The monoisotopic (exact) mass is 1370 g/mol. The molecule has 0 bridgehead atoms. The van der Waals surface area contributed by atoms with E-state index in [1.165, 1.54) is 34.1 Å². The number of hydrogen-bond acceptors (Lipinski definition) is 27. The van der Waals surface area contributed by atoms with Crippen LogP contribution in [0.25, 0.3) is 0 Å². The number of carbonyl (C=O) groups is 9. The van der Waals surface area contributed by atoms with Gasteiger partial charge >= 0.3 is 5.97 Å². The number of nitrogens with two attached hydrogens (primary N) is 2. The first kappa shape index (κ1) is 80.2. The summed E-state index contributed by atoms with van der Waals surface area (Å²) in [5.74, 6) is 2.72. The number of halogens is 4. The van der Waals surface area contributed by atoms with E-state index >= 15 is 0 Å². The number of hydrogen-bond donors (Lipinski definition) is 11. The van der Waals surface area contributed by atoms with Crippen molar-refractivity contribution in [1.82, 2.24) is 30.9 Å². The zero-order valence-electron chi connectivity index (χ0n) is 49.1. The first-order valence-electron chi connectivity index (χ1n) is 27.6. The third kappa shape index (κ3) is 32.3. The summed E-state index contributed by atoms with van der Waals surface area (Å²) < 4.78 is 42.7. The molecule has 1 saturated heterocycles. The Morgan fingerprint density at radius 1 is 0.538 bits per heavy atom. The number of ether oxygens (including phenoxy) is 8. The quantitative estimate of drug-likeness (QED) is 0.00786. The van der Waals surface area contributed by atoms with Crippen LogP contribution in [0.4, 0.5) is 0 Å². The number of carbonyl (C=O) groups excluding carboxylic acids is 9. The number of aliphatic hydroxyl groups is 2. The molecule has 0 aliphatic carbocycles. The van der Waals surface area contributed by atoms with Crippen LogP contribution in [0.2, 0.25) is 20.1 Å². The fourth-order valence-electron chi connectivity index (χ4n) is 6.95. The van der Waals surface area contributed by atoms with Gasteiger partial charge in [-0.25, -0.2) is 10.2 Å². The second-order valence-corrected chi connectivity index (χ2v) is 19.6. The van der Waals surface area contributed by atoms with E-state index in [2.05, 4.69) is 32.8 Å². The number of imide groups is 1. The van der Waals surface area contributed by atoms with Crippen molar-refractivity contribution in [2.24, 2.45) is 16.8 Å². The van der Waals surface area contributed by atoms with Crippen molar-refractivity contribution < 1.29 is 117 Å². The molecule has 0 aromatic heterocycles. The summed E-state index contributed by atoms with van der Waals surface area (Å²) in [5, 5.41) is 65.4. The molecule has 13 N–H and O–H groups in total. The molecule has 0 unspecified atom stereocenters. The molecule has 2 aromatic rings.